The molecule has 0 amide bonds. The quantitative estimate of drug-likeness (QED) is 0.839. The van der Waals surface area contributed by atoms with Gasteiger partial charge in [-0.1, -0.05) is 23.4 Å². The van der Waals surface area contributed by atoms with Gasteiger partial charge in [0.25, 0.3) is 0 Å². The van der Waals surface area contributed by atoms with E-state index in [2.05, 4.69) is 28.4 Å². The summed E-state index contributed by atoms with van der Waals surface area (Å²) in [6, 6.07) is 8.46. The molecular weight excluding hydrogens is 254 g/mol. The first-order valence-electron chi connectivity index (χ1n) is 6.83. The SMILES string of the molecule is COc1ccccc1CC(C)NCCc1nc(C)no1. The van der Waals surface area contributed by atoms with E-state index in [0.29, 0.717) is 17.8 Å². The predicted molar refractivity (Wildman–Crippen MR) is 76.9 cm³/mol. The van der Waals surface area contributed by atoms with Crippen LogP contribution in [0, 0.1) is 6.92 Å². The van der Waals surface area contributed by atoms with Crippen molar-refractivity contribution >= 4 is 0 Å². The van der Waals surface area contributed by atoms with Crippen LogP contribution in [-0.4, -0.2) is 29.8 Å². The number of methoxy groups -OCH3 is 1. The molecule has 1 heterocycles. The molecule has 0 aliphatic heterocycles. The first-order valence-corrected chi connectivity index (χ1v) is 6.83. The minimum atomic E-state index is 0.357. The molecule has 108 valence electrons. The summed E-state index contributed by atoms with van der Waals surface area (Å²) in [5.74, 6) is 2.30. The molecule has 0 saturated carbocycles. The molecule has 0 aliphatic carbocycles. The number of hydrogen-bond acceptors (Lipinski definition) is 5. The van der Waals surface area contributed by atoms with Crippen LogP contribution in [0.4, 0.5) is 0 Å². The van der Waals surface area contributed by atoms with Gasteiger partial charge in [0, 0.05) is 19.0 Å². The molecule has 5 heteroatoms. The van der Waals surface area contributed by atoms with Gasteiger partial charge in [-0.15, -0.1) is 0 Å². The molecule has 20 heavy (non-hydrogen) atoms. The van der Waals surface area contributed by atoms with Crippen molar-refractivity contribution < 1.29 is 9.26 Å². The first-order chi connectivity index (χ1) is 9.69. The molecular formula is C15H21N3O2. The van der Waals surface area contributed by atoms with E-state index < -0.39 is 0 Å². The van der Waals surface area contributed by atoms with Crippen molar-refractivity contribution in [3.63, 3.8) is 0 Å². The highest BCUT2D eigenvalue weighted by Gasteiger charge is 2.08. The molecule has 1 aromatic carbocycles. The molecule has 0 aliphatic rings. The Hall–Kier alpha value is -1.88. The Labute approximate surface area is 119 Å². The van der Waals surface area contributed by atoms with E-state index in [1.165, 1.54) is 5.56 Å². The van der Waals surface area contributed by atoms with Crippen LogP contribution in [0.3, 0.4) is 0 Å². The molecule has 1 aromatic heterocycles. The highest BCUT2D eigenvalue weighted by atomic mass is 16.5. The van der Waals surface area contributed by atoms with Crippen LogP contribution in [0.15, 0.2) is 28.8 Å². The van der Waals surface area contributed by atoms with Crippen LogP contribution in [-0.2, 0) is 12.8 Å². The van der Waals surface area contributed by atoms with E-state index in [4.69, 9.17) is 9.26 Å². The number of ether oxygens (including phenoxy) is 1. The van der Waals surface area contributed by atoms with Gasteiger partial charge in [-0.25, -0.2) is 0 Å². The van der Waals surface area contributed by atoms with Gasteiger partial charge in [0.05, 0.1) is 7.11 Å². The molecule has 0 radical (unpaired) electrons. The normalized spacial score (nSPS) is 12.3. The summed E-state index contributed by atoms with van der Waals surface area (Å²) < 4.78 is 10.4. The summed E-state index contributed by atoms with van der Waals surface area (Å²) in [6.07, 6.45) is 1.67. The molecule has 0 fully saturated rings. The monoisotopic (exact) mass is 275 g/mol. The van der Waals surface area contributed by atoms with Gasteiger partial charge in [-0.2, -0.15) is 4.98 Å². The van der Waals surface area contributed by atoms with Crippen LogP contribution in [0.1, 0.15) is 24.2 Å². The number of benzene rings is 1. The van der Waals surface area contributed by atoms with Gasteiger partial charge in [0.2, 0.25) is 5.89 Å². The zero-order chi connectivity index (χ0) is 14.4. The van der Waals surface area contributed by atoms with E-state index in [-0.39, 0.29) is 0 Å². The summed E-state index contributed by atoms with van der Waals surface area (Å²) in [7, 11) is 1.70. The van der Waals surface area contributed by atoms with Crippen molar-refractivity contribution in [1.82, 2.24) is 15.5 Å². The number of aromatic nitrogens is 2. The van der Waals surface area contributed by atoms with E-state index in [0.717, 1.165) is 25.1 Å². The van der Waals surface area contributed by atoms with Gasteiger partial charge in [-0.05, 0) is 31.9 Å². The Kier molecular flexibility index (Phi) is 5.12. The van der Waals surface area contributed by atoms with Gasteiger partial charge >= 0.3 is 0 Å². The Morgan fingerprint density at radius 3 is 2.85 bits per heavy atom. The third-order valence-electron chi connectivity index (χ3n) is 3.12. The molecule has 0 bridgehead atoms. The lowest BCUT2D eigenvalue weighted by atomic mass is 10.1. The molecule has 0 saturated heterocycles. The summed E-state index contributed by atoms with van der Waals surface area (Å²) in [5.41, 5.74) is 1.21. The summed E-state index contributed by atoms with van der Waals surface area (Å²) in [5, 5.41) is 7.23. The van der Waals surface area contributed by atoms with Crippen LogP contribution < -0.4 is 10.1 Å². The molecule has 2 aromatic rings. The van der Waals surface area contributed by atoms with Crippen molar-refractivity contribution in [2.75, 3.05) is 13.7 Å². The van der Waals surface area contributed by atoms with Crippen LogP contribution in [0.2, 0.25) is 0 Å². The molecule has 0 spiro atoms. The average molecular weight is 275 g/mol. The smallest absolute Gasteiger partial charge is 0.227 e. The van der Waals surface area contributed by atoms with E-state index in [1.54, 1.807) is 7.11 Å². The maximum atomic E-state index is 5.36. The molecule has 1 atom stereocenters. The minimum Gasteiger partial charge on any atom is -0.496 e. The average Bonchev–Trinajstić information content (AvgIpc) is 2.85. The lowest BCUT2D eigenvalue weighted by molar-refractivity contribution is 0.369. The summed E-state index contributed by atoms with van der Waals surface area (Å²) >= 11 is 0. The van der Waals surface area contributed by atoms with Crippen molar-refractivity contribution in [2.45, 2.75) is 32.7 Å². The third kappa shape index (κ3) is 4.06. The zero-order valence-corrected chi connectivity index (χ0v) is 12.2. The topological polar surface area (TPSA) is 60.2 Å². The highest BCUT2D eigenvalue weighted by molar-refractivity contribution is 5.33. The third-order valence-corrected chi connectivity index (χ3v) is 3.12. The maximum absolute atomic E-state index is 5.36. The molecule has 1 N–H and O–H groups in total. The Bertz CT molecular complexity index is 539. The zero-order valence-electron chi connectivity index (χ0n) is 12.2. The summed E-state index contributed by atoms with van der Waals surface area (Å²) in [4.78, 5) is 4.18. The van der Waals surface area contributed by atoms with Crippen molar-refractivity contribution in [3.05, 3.63) is 41.5 Å². The molecule has 5 nitrogen and oxygen atoms in total. The second-order valence-electron chi connectivity index (χ2n) is 4.86. The van der Waals surface area contributed by atoms with E-state index >= 15 is 0 Å². The number of aryl methyl sites for hydroxylation is 1. The Morgan fingerprint density at radius 1 is 1.35 bits per heavy atom. The standard InChI is InChI=1S/C15H21N3O2/c1-11(10-13-6-4-5-7-14(13)19-3)16-9-8-15-17-12(2)18-20-15/h4-7,11,16H,8-10H2,1-3H3. The van der Waals surface area contributed by atoms with Crippen molar-refractivity contribution in [1.29, 1.82) is 0 Å². The lowest BCUT2D eigenvalue weighted by Gasteiger charge is -2.15. The largest absolute Gasteiger partial charge is 0.496 e. The molecule has 2 rings (SSSR count). The van der Waals surface area contributed by atoms with Crippen molar-refractivity contribution in [3.8, 4) is 5.75 Å². The second-order valence-corrected chi connectivity index (χ2v) is 4.86. The van der Waals surface area contributed by atoms with E-state index in [9.17, 15) is 0 Å². The number of rotatable bonds is 7. The van der Waals surface area contributed by atoms with Gasteiger partial charge in [0.15, 0.2) is 5.82 Å². The first kappa shape index (κ1) is 14.5. The number of para-hydroxylation sites is 1. The highest BCUT2D eigenvalue weighted by Crippen LogP contribution is 2.18. The fourth-order valence-electron chi connectivity index (χ4n) is 2.14. The maximum Gasteiger partial charge on any atom is 0.227 e. The number of nitrogens with one attached hydrogen (secondary N) is 1. The summed E-state index contributed by atoms with van der Waals surface area (Å²) in [6.45, 7) is 4.80. The van der Waals surface area contributed by atoms with E-state index in [1.807, 2.05) is 25.1 Å². The van der Waals surface area contributed by atoms with Gasteiger partial charge < -0.3 is 14.6 Å². The minimum absolute atomic E-state index is 0.357. The number of hydrogen-bond donors (Lipinski definition) is 1. The lowest BCUT2D eigenvalue weighted by Crippen LogP contribution is -2.30. The fourth-order valence-corrected chi connectivity index (χ4v) is 2.14. The Balaban J connectivity index is 1.79. The van der Waals surface area contributed by atoms with Crippen LogP contribution >= 0.6 is 0 Å². The van der Waals surface area contributed by atoms with Crippen LogP contribution in [0.5, 0.6) is 5.75 Å². The van der Waals surface area contributed by atoms with Crippen molar-refractivity contribution in [2.24, 2.45) is 0 Å². The Morgan fingerprint density at radius 2 is 2.15 bits per heavy atom. The predicted octanol–water partition coefficient (Wildman–Crippen LogP) is 2.15. The molecule has 1 unspecified atom stereocenters. The number of nitrogens with zero attached hydrogens (tertiary/aromatic N) is 2. The second kappa shape index (κ2) is 7.05. The van der Waals surface area contributed by atoms with Crippen LogP contribution in [0.25, 0.3) is 0 Å². The van der Waals surface area contributed by atoms with Gasteiger partial charge in [-0.3, -0.25) is 0 Å². The van der Waals surface area contributed by atoms with Gasteiger partial charge in [0.1, 0.15) is 5.75 Å². The fraction of sp³-hybridized carbons (Fsp3) is 0.467.